The van der Waals surface area contributed by atoms with Crippen LogP contribution in [-0.2, 0) is 12.7 Å². The van der Waals surface area contributed by atoms with Crippen molar-refractivity contribution in [3.05, 3.63) is 77.5 Å². The molecule has 6 nitrogen and oxygen atoms in total. The first-order chi connectivity index (χ1) is 16.3. The van der Waals surface area contributed by atoms with Crippen molar-refractivity contribution < 1.29 is 23.4 Å². The van der Waals surface area contributed by atoms with Crippen LogP contribution in [0.5, 0.6) is 0 Å². The molecule has 1 aliphatic rings. The highest BCUT2D eigenvalue weighted by Gasteiger charge is 2.30. The van der Waals surface area contributed by atoms with E-state index in [1.165, 1.54) is 12.1 Å². The van der Waals surface area contributed by atoms with Crippen LogP contribution >= 0.6 is 0 Å². The lowest BCUT2D eigenvalue weighted by atomic mass is 10.0. The van der Waals surface area contributed by atoms with Crippen LogP contribution in [0.25, 0.3) is 11.3 Å². The van der Waals surface area contributed by atoms with E-state index in [-0.39, 0.29) is 6.54 Å². The Labute approximate surface area is 195 Å². The van der Waals surface area contributed by atoms with Crippen molar-refractivity contribution in [2.75, 3.05) is 31.1 Å². The van der Waals surface area contributed by atoms with Crippen LogP contribution < -0.4 is 4.90 Å². The van der Waals surface area contributed by atoms with Gasteiger partial charge in [-0.25, -0.2) is 4.98 Å². The van der Waals surface area contributed by atoms with Gasteiger partial charge in [0.15, 0.2) is 0 Å². The zero-order valence-electron chi connectivity index (χ0n) is 18.2. The summed E-state index contributed by atoms with van der Waals surface area (Å²) in [4.78, 5) is 8.39. The van der Waals surface area contributed by atoms with Gasteiger partial charge in [-0.1, -0.05) is 12.1 Å². The highest BCUT2D eigenvalue weighted by molar-refractivity contribution is 5.72. The molecule has 0 bridgehead atoms. The Morgan fingerprint density at radius 3 is 2.50 bits per heavy atom. The van der Waals surface area contributed by atoms with Gasteiger partial charge in [-0.15, -0.1) is 0 Å². The predicted octanol–water partition coefficient (Wildman–Crippen LogP) is 4.27. The number of aromatic nitrogens is 1. The number of hydrogen-bond donors (Lipinski definition) is 2. The summed E-state index contributed by atoms with van der Waals surface area (Å²) in [6.45, 7) is 1.35. The number of rotatable bonds is 5. The number of hydrogen-bond acceptors (Lipinski definition) is 6. The summed E-state index contributed by atoms with van der Waals surface area (Å²) in [5.74, 6) is 0. The molecular formula is C25H23F3N4O2. The second-order valence-electron chi connectivity index (χ2n) is 8.05. The van der Waals surface area contributed by atoms with Gasteiger partial charge >= 0.3 is 6.18 Å². The molecule has 1 aromatic heterocycles. The Balaban J connectivity index is 1.73. The van der Waals surface area contributed by atoms with Crippen molar-refractivity contribution in [2.45, 2.75) is 18.8 Å². The highest BCUT2D eigenvalue weighted by Crippen LogP contribution is 2.36. The molecule has 3 aromatic rings. The number of pyridine rings is 1. The highest BCUT2D eigenvalue weighted by atomic mass is 19.4. The predicted molar refractivity (Wildman–Crippen MR) is 121 cm³/mol. The molecule has 1 aliphatic heterocycles. The normalized spacial score (nSPS) is 15.4. The van der Waals surface area contributed by atoms with Gasteiger partial charge in [0, 0.05) is 36.6 Å². The molecule has 0 fully saturated rings. The molecule has 9 heteroatoms. The van der Waals surface area contributed by atoms with Gasteiger partial charge in [0.1, 0.15) is 6.10 Å². The van der Waals surface area contributed by atoms with Crippen molar-refractivity contribution in [1.29, 1.82) is 5.26 Å². The first kappa shape index (κ1) is 23.7. The van der Waals surface area contributed by atoms with Crippen LogP contribution in [0.4, 0.5) is 24.5 Å². The minimum atomic E-state index is -4.40. The fraction of sp³-hybridized carbons (Fsp3) is 0.280. The van der Waals surface area contributed by atoms with Gasteiger partial charge in [-0.3, -0.25) is 4.90 Å². The third-order valence-corrected chi connectivity index (χ3v) is 5.79. The Morgan fingerprint density at radius 1 is 1.06 bits per heavy atom. The largest absolute Gasteiger partial charge is 0.416 e. The lowest BCUT2D eigenvalue weighted by molar-refractivity contribution is -0.137. The SMILES string of the molecule is N#CCN1CCN(c2ccc(C(F)(F)F)cc2)c2ccc(-c3cccc([C@H](O)CO)n3)cc2C1. The number of anilines is 2. The van der Waals surface area contributed by atoms with E-state index in [1.54, 1.807) is 18.2 Å². The zero-order chi connectivity index (χ0) is 24.3. The molecule has 4 rings (SSSR count). The average Bonchev–Trinajstić information content (AvgIpc) is 3.02. The van der Waals surface area contributed by atoms with Gasteiger partial charge in [0.25, 0.3) is 0 Å². The molecule has 2 heterocycles. The quantitative estimate of drug-likeness (QED) is 0.544. The molecule has 0 amide bonds. The molecule has 2 aromatic carbocycles. The Hall–Kier alpha value is -3.45. The number of benzene rings is 2. The van der Waals surface area contributed by atoms with Crippen molar-refractivity contribution in [3.8, 4) is 17.3 Å². The van der Waals surface area contributed by atoms with E-state index >= 15 is 0 Å². The van der Waals surface area contributed by atoms with Crippen LogP contribution in [0.15, 0.2) is 60.7 Å². The van der Waals surface area contributed by atoms with E-state index in [0.29, 0.717) is 36.7 Å². The molecule has 0 spiro atoms. The maximum absolute atomic E-state index is 13.0. The summed E-state index contributed by atoms with van der Waals surface area (Å²) >= 11 is 0. The minimum absolute atomic E-state index is 0.223. The number of fused-ring (bicyclic) bond motifs is 1. The van der Waals surface area contributed by atoms with Crippen LogP contribution in [0.2, 0.25) is 0 Å². The Kier molecular flexibility index (Phi) is 6.84. The summed E-state index contributed by atoms with van der Waals surface area (Å²) in [5, 5.41) is 28.4. The number of aliphatic hydroxyl groups is 2. The topological polar surface area (TPSA) is 83.6 Å². The van der Waals surface area contributed by atoms with E-state index in [2.05, 4.69) is 11.1 Å². The smallest absolute Gasteiger partial charge is 0.393 e. The second kappa shape index (κ2) is 9.81. The van der Waals surface area contributed by atoms with Gasteiger partial charge in [0.05, 0.1) is 36.2 Å². The Bertz CT molecular complexity index is 1190. The lowest BCUT2D eigenvalue weighted by Gasteiger charge is -2.25. The standard InChI is InChI=1S/C25H23F3N4O2/c26-25(27,28)19-5-7-20(8-6-19)32-13-12-31(11-10-29)15-18-14-17(4-9-23(18)32)21-2-1-3-22(30-21)24(34)16-33/h1-9,14,24,33-34H,11-13,15-16H2/t24-/m1/s1. The van der Waals surface area contributed by atoms with Gasteiger partial charge in [-0.2, -0.15) is 18.4 Å². The van der Waals surface area contributed by atoms with Crippen LogP contribution in [0.3, 0.4) is 0 Å². The number of alkyl halides is 3. The molecule has 0 unspecified atom stereocenters. The van der Waals surface area contributed by atoms with Gasteiger partial charge in [0.2, 0.25) is 0 Å². The number of nitriles is 1. The van der Waals surface area contributed by atoms with Crippen molar-refractivity contribution in [1.82, 2.24) is 9.88 Å². The molecule has 34 heavy (non-hydrogen) atoms. The van der Waals surface area contributed by atoms with Crippen LogP contribution in [0.1, 0.15) is 22.9 Å². The summed E-state index contributed by atoms with van der Waals surface area (Å²) in [6.07, 6.45) is -5.49. The fourth-order valence-corrected chi connectivity index (χ4v) is 4.04. The van der Waals surface area contributed by atoms with Crippen molar-refractivity contribution >= 4 is 11.4 Å². The zero-order valence-corrected chi connectivity index (χ0v) is 18.2. The molecule has 1 atom stereocenters. The number of halogens is 3. The van der Waals surface area contributed by atoms with Gasteiger partial charge < -0.3 is 15.1 Å². The van der Waals surface area contributed by atoms with Crippen LogP contribution in [0, 0.1) is 11.3 Å². The number of nitrogens with zero attached hydrogens (tertiary/aromatic N) is 4. The van der Waals surface area contributed by atoms with Crippen LogP contribution in [-0.4, -0.2) is 46.3 Å². The van der Waals surface area contributed by atoms with E-state index < -0.39 is 24.5 Å². The minimum Gasteiger partial charge on any atom is -0.393 e. The van der Waals surface area contributed by atoms with E-state index in [9.17, 15) is 28.6 Å². The summed E-state index contributed by atoms with van der Waals surface area (Å²) in [6, 6.07) is 18.1. The Morgan fingerprint density at radius 2 is 1.82 bits per heavy atom. The molecule has 0 saturated heterocycles. The maximum atomic E-state index is 13.0. The summed E-state index contributed by atoms with van der Waals surface area (Å²) < 4.78 is 39.1. The third kappa shape index (κ3) is 5.04. The molecular weight excluding hydrogens is 445 g/mol. The summed E-state index contributed by atoms with van der Waals surface area (Å²) in [5.41, 5.74) is 3.43. The summed E-state index contributed by atoms with van der Waals surface area (Å²) in [7, 11) is 0. The van der Waals surface area contributed by atoms with E-state index in [0.717, 1.165) is 28.9 Å². The molecule has 0 saturated carbocycles. The van der Waals surface area contributed by atoms with E-state index in [4.69, 9.17) is 0 Å². The lowest BCUT2D eigenvalue weighted by Crippen LogP contribution is -2.29. The molecule has 0 radical (unpaired) electrons. The first-order valence-corrected chi connectivity index (χ1v) is 10.7. The number of aliphatic hydroxyl groups excluding tert-OH is 2. The average molecular weight is 468 g/mol. The third-order valence-electron chi connectivity index (χ3n) is 5.79. The first-order valence-electron chi connectivity index (χ1n) is 10.7. The molecule has 0 aliphatic carbocycles. The van der Waals surface area contributed by atoms with Gasteiger partial charge in [-0.05, 0) is 54.1 Å². The fourth-order valence-electron chi connectivity index (χ4n) is 4.04. The van der Waals surface area contributed by atoms with E-state index in [1.807, 2.05) is 28.0 Å². The molecule has 2 N–H and O–H groups in total. The monoisotopic (exact) mass is 468 g/mol. The maximum Gasteiger partial charge on any atom is 0.416 e. The van der Waals surface area contributed by atoms with Crippen molar-refractivity contribution in [2.24, 2.45) is 0 Å². The second-order valence-corrected chi connectivity index (χ2v) is 8.05. The van der Waals surface area contributed by atoms with Crippen molar-refractivity contribution in [3.63, 3.8) is 0 Å². The molecule has 176 valence electrons.